The van der Waals surface area contributed by atoms with Gasteiger partial charge in [-0.3, -0.25) is 0 Å². The van der Waals surface area contributed by atoms with E-state index in [-0.39, 0.29) is 0 Å². The van der Waals surface area contributed by atoms with Crippen molar-refractivity contribution < 1.29 is 8.42 Å². The SMILES string of the molecule is CN1CCN(S(=O)(=O)c2ccc(CCl)cc2Br)CC1. The molecule has 106 valence electrons. The topological polar surface area (TPSA) is 40.6 Å². The summed E-state index contributed by atoms with van der Waals surface area (Å²) in [5.41, 5.74) is 0.894. The highest BCUT2D eigenvalue weighted by Crippen LogP contribution is 2.27. The van der Waals surface area contributed by atoms with Gasteiger partial charge in [-0.1, -0.05) is 6.07 Å². The number of alkyl halides is 1. The summed E-state index contributed by atoms with van der Waals surface area (Å²) in [6, 6.07) is 5.13. The first-order valence-electron chi connectivity index (χ1n) is 5.98. The van der Waals surface area contributed by atoms with Gasteiger partial charge < -0.3 is 4.90 Å². The van der Waals surface area contributed by atoms with E-state index in [9.17, 15) is 8.42 Å². The number of likely N-dealkylation sites (N-methyl/N-ethyl adjacent to an activating group) is 1. The molecule has 0 unspecified atom stereocenters. The van der Waals surface area contributed by atoms with Crippen molar-refractivity contribution in [3.8, 4) is 0 Å². The van der Waals surface area contributed by atoms with Gasteiger partial charge in [-0.05, 0) is 40.7 Å². The summed E-state index contributed by atoms with van der Waals surface area (Å²) in [6.45, 7) is 2.58. The van der Waals surface area contributed by atoms with Crippen LogP contribution in [0.3, 0.4) is 0 Å². The summed E-state index contributed by atoms with van der Waals surface area (Å²) < 4.78 is 27.2. The minimum atomic E-state index is -3.42. The van der Waals surface area contributed by atoms with Crippen LogP contribution < -0.4 is 0 Å². The van der Waals surface area contributed by atoms with Crippen LogP contribution in [0.4, 0.5) is 0 Å². The summed E-state index contributed by atoms with van der Waals surface area (Å²) in [4.78, 5) is 2.43. The average Bonchev–Trinajstić information content (AvgIpc) is 2.38. The largest absolute Gasteiger partial charge is 0.304 e. The van der Waals surface area contributed by atoms with E-state index in [1.807, 2.05) is 7.05 Å². The Morgan fingerprint density at radius 1 is 1.26 bits per heavy atom. The molecule has 7 heteroatoms. The molecule has 1 aromatic rings. The highest BCUT2D eigenvalue weighted by Gasteiger charge is 2.28. The maximum absolute atomic E-state index is 12.6. The van der Waals surface area contributed by atoms with Crippen LogP contribution in [0.5, 0.6) is 0 Å². The molecule has 0 spiro atoms. The number of piperazine rings is 1. The molecule has 0 amide bonds. The molecule has 1 aliphatic rings. The van der Waals surface area contributed by atoms with Gasteiger partial charge in [0.05, 0.1) is 4.90 Å². The Hall–Kier alpha value is -0.140. The molecule has 0 N–H and O–H groups in total. The fraction of sp³-hybridized carbons (Fsp3) is 0.500. The molecule has 1 fully saturated rings. The molecule has 0 aliphatic carbocycles. The lowest BCUT2D eigenvalue weighted by atomic mass is 10.2. The Labute approximate surface area is 127 Å². The van der Waals surface area contributed by atoms with Gasteiger partial charge in [0.1, 0.15) is 0 Å². The third-order valence-electron chi connectivity index (χ3n) is 3.23. The number of halogens is 2. The molecule has 4 nitrogen and oxygen atoms in total. The van der Waals surface area contributed by atoms with Crippen LogP contribution in [0.1, 0.15) is 5.56 Å². The first-order valence-corrected chi connectivity index (χ1v) is 8.75. The number of hydrogen-bond acceptors (Lipinski definition) is 3. The van der Waals surface area contributed by atoms with Crippen LogP contribution in [0.25, 0.3) is 0 Å². The Kier molecular flexibility index (Phi) is 4.89. The van der Waals surface area contributed by atoms with Crippen molar-refractivity contribution in [2.45, 2.75) is 10.8 Å². The highest BCUT2D eigenvalue weighted by molar-refractivity contribution is 9.10. The van der Waals surface area contributed by atoms with Crippen LogP contribution in [0.15, 0.2) is 27.6 Å². The van der Waals surface area contributed by atoms with E-state index in [0.29, 0.717) is 28.3 Å². The molecule has 2 rings (SSSR count). The van der Waals surface area contributed by atoms with Gasteiger partial charge in [-0.2, -0.15) is 4.31 Å². The van der Waals surface area contributed by atoms with Crippen molar-refractivity contribution in [2.75, 3.05) is 33.2 Å². The van der Waals surface area contributed by atoms with Crippen LogP contribution in [0, 0.1) is 0 Å². The van der Waals surface area contributed by atoms with Crippen LogP contribution >= 0.6 is 27.5 Å². The standard InChI is InChI=1S/C12H16BrClN2O2S/c1-15-4-6-16(7-5-15)19(17,18)12-3-2-10(9-14)8-11(12)13/h2-3,8H,4-7,9H2,1H3. The number of benzene rings is 1. The summed E-state index contributed by atoms with van der Waals surface area (Å²) in [5.74, 6) is 0.368. The summed E-state index contributed by atoms with van der Waals surface area (Å²) in [5, 5.41) is 0. The maximum Gasteiger partial charge on any atom is 0.244 e. The molecule has 0 aromatic heterocycles. The zero-order chi connectivity index (χ0) is 14.0. The predicted octanol–water partition coefficient (Wildman–Crippen LogP) is 2.12. The van der Waals surface area contributed by atoms with Crippen molar-refractivity contribution in [1.82, 2.24) is 9.21 Å². The maximum atomic E-state index is 12.6. The highest BCUT2D eigenvalue weighted by atomic mass is 79.9. The Balaban J connectivity index is 2.29. The molecule has 0 bridgehead atoms. The minimum absolute atomic E-state index is 0.311. The molecular formula is C12H16BrClN2O2S. The van der Waals surface area contributed by atoms with E-state index in [4.69, 9.17) is 11.6 Å². The lowest BCUT2D eigenvalue weighted by Crippen LogP contribution is -2.47. The van der Waals surface area contributed by atoms with E-state index in [2.05, 4.69) is 20.8 Å². The number of sulfonamides is 1. The zero-order valence-electron chi connectivity index (χ0n) is 10.6. The zero-order valence-corrected chi connectivity index (χ0v) is 13.8. The van der Waals surface area contributed by atoms with Crippen molar-refractivity contribution in [2.24, 2.45) is 0 Å². The first-order chi connectivity index (χ1) is 8.95. The molecule has 0 radical (unpaired) electrons. The fourth-order valence-electron chi connectivity index (χ4n) is 2.00. The molecule has 1 heterocycles. The minimum Gasteiger partial charge on any atom is -0.304 e. The van der Waals surface area contributed by atoms with Gasteiger partial charge in [0.2, 0.25) is 10.0 Å². The first kappa shape index (κ1) is 15.3. The van der Waals surface area contributed by atoms with Gasteiger partial charge in [-0.25, -0.2) is 8.42 Å². The van der Waals surface area contributed by atoms with Crippen LogP contribution in [-0.4, -0.2) is 50.8 Å². The second-order valence-corrected chi connectivity index (χ2v) is 7.63. The van der Waals surface area contributed by atoms with E-state index in [0.717, 1.165) is 18.7 Å². The Bertz CT molecular complexity index is 557. The van der Waals surface area contributed by atoms with Gasteiger partial charge in [0, 0.05) is 36.5 Å². The van der Waals surface area contributed by atoms with Gasteiger partial charge in [-0.15, -0.1) is 11.6 Å². The molecule has 19 heavy (non-hydrogen) atoms. The monoisotopic (exact) mass is 366 g/mol. The fourth-order valence-corrected chi connectivity index (χ4v) is 4.68. The smallest absolute Gasteiger partial charge is 0.244 e. The predicted molar refractivity (Wildman–Crippen MR) is 80.0 cm³/mol. The van der Waals surface area contributed by atoms with Crippen LogP contribution in [-0.2, 0) is 15.9 Å². The van der Waals surface area contributed by atoms with Crippen LogP contribution in [0.2, 0.25) is 0 Å². The van der Waals surface area contributed by atoms with Gasteiger partial charge in [0.15, 0.2) is 0 Å². The van der Waals surface area contributed by atoms with E-state index >= 15 is 0 Å². The third kappa shape index (κ3) is 3.31. The molecule has 1 aliphatic heterocycles. The van der Waals surface area contributed by atoms with Gasteiger partial charge in [0.25, 0.3) is 0 Å². The third-order valence-corrected chi connectivity index (χ3v) is 6.41. The molecule has 1 aromatic carbocycles. The lowest BCUT2D eigenvalue weighted by molar-refractivity contribution is 0.222. The molecular weight excluding hydrogens is 352 g/mol. The summed E-state index contributed by atoms with van der Waals surface area (Å²) >= 11 is 9.07. The average molecular weight is 368 g/mol. The molecule has 0 atom stereocenters. The van der Waals surface area contributed by atoms with Crippen molar-refractivity contribution in [3.05, 3.63) is 28.2 Å². The van der Waals surface area contributed by atoms with E-state index in [1.165, 1.54) is 4.31 Å². The number of hydrogen-bond donors (Lipinski definition) is 0. The summed E-state index contributed by atoms with van der Waals surface area (Å²) in [6.07, 6.45) is 0. The van der Waals surface area contributed by atoms with E-state index in [1.54, 1.807) is 18.2 Å². The second kappa shape index (κ2) is 6.10. The normalized spacial score (nSPS) is 18.7. The molecule has 1 saturated heterocycles. The summed E-state index contributed by atoms with van der Waals surface area (Å²) in [7, 11) is -1.43. The van der Waals surface area contributed by atoms with Gasteiger partial charge >= 0.3 is 0 Å². The quantitative estimate of drug-likeness (QED) is 0.769. The number of nitrogens with zero attached hydrogens (tertiary/aromatic N) is 2. The van der Waals surface area contributed by atoms with E-state index < -0.39 is 10.0 Å². The second-order valence-electron chi connectivity index (χ2n) is 4.61. The van der Waals surface area contributed by atoms with Crippen molar-refractivity contribution in [3.63, 3.8) is 0 Å². The molecule has 0 saturated carbocycles. The Morgan fingerprint density at radius 2 is 1.89 bits per heavy atom. The number of rotatable bonds is 3. The van der Waals surface area contributed by atoms with Crippen molar-refractivity contribution in [1.29, 1.82) is 0 Å². The Morgan fingerprint density at radius 3 is 2.42 bits per heavy atom. The van der Waals surface area contributed by atoms with Crippen molar-refractivity contribution >= 4 is 37.6 Å². The lowest BCUT2D eigenvalue weighted by Gasteiger charge is -2.31.